The van der Waals surface area contributed by atoms with Gasteiger partial charge in [0.05, 0.1) is 19.6 Å². The van der Waals surface area contributed by atoms with Gasteiger partial charge in [-0.25, -0.2) is 0 Å². The first kappa shape index (κ1) is 16.0. The fraction of sp³-hybridized carbons (Fsp3) is 0.556. The van der Waals surface area contributed by atoms with Gasteiger partial charge in [0.1, 0.15) is 6.04 Å². The third-order valence-corrected chi connectivity index (χ3v) is 4.62. The number of nitrogens with zero attached hydrogens (tertiary/aromatic N) is 2. The Bertz CT molecular complexity index is 581. The van der Waals surface area contributed by atoms with Crippen LogP contribution in [0.25, 0.3) is 0 Å². The number of morpholine rings is 1. The minimum Gasteiger partial charge on any atom is -0.378 e. The van der Waals surface area contributed by atoms with E-state index in [9.17, 15) is 9.59 Å². The average molecular weight is 316 g/mol. The summed E-state index contributed by atoms with van der Waals surface area (Å²) in [7, 11) is 0. The number of ether oxygens (including phenoxy) is 1. The van der Waals surface area contributed by atoms with E-state index in [2.05, 4.69) is 0 Å². The first-order valence-corrected chi connectivity index (χ1v) is 8.37. The summed E-state index contributed by atoms with van der Waals surface area (Å²) in [5.41, 5.74) is 2.16. The molecule has 2 amide bonds. The molecule has 0 N–H and O–H groups in total. The fourth-order valence-corrected chi connectivity index (χ4v) is 3.41. The maximum absolute atomic E-state index is 12.7. The highest BCUT2D eigenvalue weighted by molar-refractivity contribution is 5.89. The molecule has 1 aromatic carbocycles. The smallest absolute Gasteiger partial charge is 0.245 e. The summed E-state index contributed by atoms with van der Waals surface area (Å²) in [4.78, 5) is 29.0. The monoisotopic (exact) mass is 316 g/mol. The molecule has 0 bridgehead atoms. The summed E-state index contributed by atoms with van der Waals surface area (Å²) < 4.78 is 5.30. The lowest BCUT2D eigenvalue weighted by Crippen LogP contribution is -2.51. The molecule has 1 aromatic rings. The number of rotatable bonds is 3. The number of benzene rings is 1. The molecule has 124 valence electrons. The Labute approximate surface area is 137 Å². The van der Waals surface area contributed by atoms with E-state index in [0.29, 0.717) is 39.3 Å². The normalized spacial score (nSPS) is 21.5. The second-order valence-corrected chi connectivity index (χ2v) is 6.35. The number of hydrogen-bond acceptors (Lipinski definition) is 3. The molecule has 2 aliphatic rings. The zero-order valence-electron chi connectivity index (χ0n) is 13.7. The maximum Gasteiger partial charge on any atom is 0.245 e. The minimum atomic E-state index is -0.287. The molecule has 5 heteroatoms. The Balaban J connectivity index is 1.65. The summed E-state index contributed by atoms with van der Waals surface area (Å²) in [5.74, 6) is 0.142. The molecule has 0 radical (unpaired) electrons. The third-order valence-electron chi connectivity index (χ3n) is 4.62. The van der Waals surface area contributed by atoms with E-state index in [0.717, 1.165) is 24.0 Å². The Morgan fingerprint density at radius 2 is 2.00 bits per heavy atom. The Kier molecular flexibility index (Phi) is 4.96. The van der Waals surface area contributed by atoms with Crippen molar-refractivity contribution in [1.82, 2.24) is 9.80 Å². The quantitative estimate of drug-likeness (QED) is 0.847. The largest absolute Gasteiger partial charge is 0.378 e. The molecule has 0 saturated carbocycles. The van der Waals surface area contributed by atoms with Gasteiger partial charge in [-0.2, -0.15) is 0 Å². The van der Waals surface area contributed by atoms with Crippen molar-refractivity contribution in [2.75, 3.05) is 32.8 Å². The number of carbonyl (C=O) groups is 2. The number of hydrogen-bond donors (Lipinski definition) is 0. The summed E-state index contributed by atoms with van der Waals surface area (Å²) in [5, 5.41) is 0. The van der Waals surface area contributed by atoms with Gasteiger partial charge in [0.2, 0.25) is 11.8 Å². The molecule has 1 atom stereocenters. The summed E-state index contributed by atoms with van der Waals surface area (Å²) in [6.45, 7) is 5.16. The highest BCUT2D eigenvalue weighted by Gasteiger charge is 2.36. The first-order chi connectivity index (χ1) is 11.1. The lowest BCUT2D eigenvalue weighted by molar-refractivity contribution is -0.146. The van der Waals surface area contributed by atoms with E-state index in [1.807, 2.05) is 36.1 Å². The van der Waals surface area contributed by atoms with E-state index in [-0.39, 0.29) is 17.9 Å². The number of aryl methyl sites for hydroxylation is 1. The molecule has 3 rings (SSSR count). The molecule has 23 heavy (non-hydrogen) atoms. The van der Waals surface area contributed by atoms with E-state index in [1.54, 1.807) is 4.90 Å². The summed E-state index contributed by atoms with van der Waals surface area (Å²) >= 11 is 0. The average Bonchev–Trinajstić information content (AvgIpc) is 3.05. The van der Waals surface area contributed by atoms with Gasteiger partial charge in [0, 0.05) is 19.6 Å². The van der Waals surface area contributed by atoms with Crippen LogP contribution in [0.5, 0.6) is 0 Å². The predicted molar refractivity (Wildman–Crippen MR) is 87.0 cm³/mol. The van der Waals surface area contributed by atoms with Crippen LogP contribution < -0.4 is 0 Å². The van der Waals surface area contributed by atoms with E-state index >= 15 is 0 Å². The van der Waals surface area contributed by atoms with Crippen molar-refractivity contribution < 1.29 is 14.3 Å². The van der Waals surface area contributed by atoms with Gasteiger partial charge in [-0.15, -0.1) is 0 Å². The van der Waals surface area contributed by atoms with Gasteiger partial charge in [-0.05, 0) is 25.3 Å². The van der Waals surface area contributed by atoms with Crippen molar-refractivity contribution in [3.8, 4) is 0 Å². The van der Waals surface area contributed by atoms with Crippen LogP contribution in [0.2, 0.25) is 0 Å². The van der Waals surface area contributed by atoms with Crippen molar-refractivity contribution in [1.29, 1.82) is 0 Å². The van der Waals surface area contributed by atoms with Gasteiger partial charge < -0.3 is 14.5 Å². The van der Waals surface area contributed by atoms with Crippen LogP contribution in [0.1, 0.15) is 24.0 Å². The topological polar surface area (TPSA) is 49.9 Å². The van der Waals surface area contributed by atoms with Crippen LogP contribution in [0.15, 0.2) is 24.3 Å². The van der Waals surface area contributed by atoms with Gasteiger partial charge in [-0.1, -0.05) is 29.8 Å². The summed E-state index contributed by atoms with van der Waals surface area (Å²) in [6, 6.07) is 7.71. The van der Waals surface area contributed by atoms with Crippen molar-refractivity contribution in [3.63, 3.8) is 0 Å². The zero-order valence-corrected chi connectivity index (χ0v) is 13.7. The number of carbonyl (C=O) groups excluding carboxylic acids is 2. The molecular weight excluding hydrogens is 292 g/mol. The second kappa shape index (κ2) is 7.13. The van der Waals surface area contributed by atoms with Gasteiger partial charge in [0.25, 0.3) is 0 Å². The third kappa shape index (κ3) is 3.72. The van der Waals surface area contributed by atoms with Gasteiger partial charge >= 0.3 is 0 Å². The SMILES string of the molecule is Cc1cccc(CC(=O)N2CCCC2C(=O)N2CCOCC2)c1. The molecule has 2 fully saturated rings. The Morgan fingerprint density at radius 1 is 1.22 bits per heavy atom. The van der Waals surface area contributed by atoms with Crippen molar-refractivity contribution >= 4 is 11.8 Å². The number of likely N-dealkylation sites (tertiary alicyclic amines) is 1. The lowest BCUT2D eigenvalue weighted by atomic mass is 10.1. The molecule has 5 nitrogen and oxygen atoms in total. The van der Waals surface area contributed by atoms with Crippen molar-refractivity contribution in [2.45, 2.75) is 32.2 Å². The first-order valence-electron chi connectivity index (χ1n) is 8.37. The highest BCUT2D eigenvalue weighted by Crippen LogP contribution is 2.21. The van der Waals surface area contributed by atoms with Crippen molar-refractivity contribution in [2.24, 2.45) is 0 Å². The minimum absolute atomic E-state index is 0.0553. The highest BCUT2D eigenvalue weighted by atomic mass is 16.5. The lowest BCUT2D eigenvalue weighted by Gasteiger charge is -2.32. The Hall–Kier alpha value is -1.88. The molecule has 2 aliphatic heterocycles. The van der Waals surface area contributed by atoms with Crippen LogP contribution in [-0.2, 0) is 20.7 Å². The fourth-order valence-electron chi connectivity index (χ4n) is 3.41. The molecule has 2 saturated heterocycles. The van der Waals surface area contributed by atoms with E-state index in [1.165, 1.54) is 0 Å². The van der Waals surface area contributed by atoms with Crippen molar-refractivity contribution in [3.05, 3.63) is 35.4 Å². The van der Waals surface area contributed by atoms with Crippen LogP contribution in [-0.4, -0.2) is 60.5 Å². The zero-order chi connectivity index (χ0) is 16.2. The maximum atomic E-state index is 12.7. The van der Waals surface area contributed by atoms with Gasteiger partial charge in [-0.3, -0.25) is 9.59 Å². The molecule has 2 heterocycles. The second-order valence-electron chi connectivity index (χ2n) is 6.35. The Morgan fingerprint density at radius 3 is 2.74 bits per heavy atom. The van der Waals surface area contributed by atoms with Crippen LogP contribution in [0.4, 0.5) is 0 Å². The van der Waals surface area contributed by atoms with Crippen LogP contribution in [0.3, 0.4) is 0 Å². The van der Waals surface area contributed by atoms with E-state index in [4.69, 9.17) is 4.74 Å². The van der Waals surface area contributed by atoms with Crippen LogP contribution in [0, 0.1) is 6.92 Å². The number of amides is 2. The molecule has 0 aliphatic carbocycles. The summed E-state index contributed by atoms with van der Waals surface area (Å²) in [6.07, 6.45) is 2.05. The standard InChI is InChI=1S/C18H24N2O3/c1-14-4-2-5-15(12-14)13-17(21)20-7-3-6-16(20)18(22)19-8-10-23-11-9-19/h2,4-5,12,16H,3,6-11,13H2,1H3. The molecule has 1 unspecified atom stereocenters. The predicted octanol–water partition coefficient (Wildman–Crippen LogP) is 1.39. The van der Waals surface area contributed by atoms with Gasteiger partial charge in [0.15, 0.2) is 0 Å². The molecule has 0 spiro atoms. The van der Waals surface area contributed by atoms with E-state index < -0.39 is 0 Å². The van der Waals surface area contributed by atoms with Crippen LogP contribution >= 0.6 is 0 Å². The molecule has 0 aromatic heterocycles. The molecular formula is C18H24N2O3.